The number of ketones is 1. The van der Waals surface area contributed by atoms with Gasteiger partial charge in [0.1, 0.15) is 23.3 Å². The molecule has 14 heteroatoms. The number of pyridine rings is 2. The van der Waals surface area contributed by atoms with Crippen molar-refractivity contribution in [3.8, 4) is 11.1 Å². The molecular weight excluding hydrogens is 870 g/mol. The smallest absolute Gasteiger partial charge is 0.249 e. The van der Waals surface area contributed by atoms with Crippen molar-refractivity contribution < 1.29 is 23.6 Å². The minimum Gasteiger partial charge on any atom is -0.384 e. The summed E-state index contributed by atoms with van der Waals surface area (Å²) in [6, 6.07) is 19.5. The molecule has 7 heterocycles. The average molecular weight is 934 g/mol. The highest BCUT2D eigenvalue weighted by atomic mass is 19.1. The Kier molecular flexibility index (Phi) is 12.2. The zero-order valence-electron chi connectivity index (χ0n) is 40.0. The molecule has 3 aromatic heterocycles. The molecule has 13 nitrogen and oxygen atoms in total. The molecule has 2 unspecified atom stereocenters. The number of hydrogen-bond acceptors (Lipinski definition) is 10. The van der Waals surface area contributed by atoms with Crippen LogP contribution in [-0.2, 0) is 33.4 Å². The summed E-state index contributed by atoms with van der Waals surface area (Å²) in [4.78, 5) is 69.7. The molecule has 69 heavy (non-hydrogen) atoms. The number of fused-ring (bicyclic) bond motifs is 3. The van der Waals surface area contributed by atoms with Gasteiger partial charge in [0, 0.05) is 105 Å². The number of carbonyl (C=O) groups is 4. The lowest BCUT2D eigenvalue weighted by Gasteiger charge is -2.38. The first-order chi connectivity index (χ1) is 33.4. The van der Waals surface area contributed by atoms with E-state index < -0.39 is 17.4 Å². The van der Waals surface area contributed by atoms with Crippen molar-refractivity contribution in [1.29, 1.82) is 0 Å². The molecule has 2 aromatic carbocycles. The Morgan fingerprint density at radius 2 is 1.58 bits per heavy atom. The third kappa shape index (κ3) is 8.77. The lowest BCUT2D eigenvalue weighted by atomic mass is 9.79. The van der Waals surface area contributed by atoms with Crippen LogP contribution in [0.15, 0.2) is 73.1 Å². The van der Waals surface area contributed by atoms with Crippen LogP contribution in [0.3, 0.4) is 0 Å². The molecule has 5 fully saturated rings. The summed E-state index contributed by atoms with van der Waals surface area (Å²) >= 11 is 0. The fourth-order valence-corrected chi connectivity index (χ4v) is 12.6. The summed E-state index contributed by atoms with van der Waals surface area (Å²) in [6.07, 6.45) is 12.7. The second-order valence-corrected chi connectivity index (χ2v) is 21.1. The van der Waals surface area contributed by atoms with Crippen LogP contribution in [0.4, 0.5) is 15.9 Å². The Labute approximate surface area is 403 Å². The Bertz CT molecular complexity index is 2780. The quantitative estimate of drug-likeness (QED) is 0.0943. The van der Waals surface area contributed by atoms with E-state index in [1.807, 2.05) is 30.6 Å². The largest absolute Gasteiger partial charge is 0.384 e. The number of aryl methyl sites for hydroxylation is 1. The molecule has 11 rings (SSSR count). The van der Waals surface area contributed by atoms with Gasteiger partial charge in [0.15, 0.2) is 5.78 Å². The van der Waals surface area contributed by atoms with Crippen LogP contribution in [0.1, 0.15) is 122 Å². The molecule has 3 saturated heterocycles. The number of likely N-dealkylation sites (tertiary alicyclic amines) is 1. The maximum atomic E-state index is 15.8. The number of nitrogen functional groups attached to an aromatic ring is 1. The fraction of sp³-hybridized carbons (Fsp3) is 0.491. The number of carbonyl (C=O) groups excluding carboxylic acids is 4. The van der Waals surface area contributed by atoms with Gasteiger partial charge in [0.05, 0.1) is 11.1 Å². The number of rotatable bonds is 12. The molecule has 3 amide bonds. The van der Waals surface area contributed by atoms with Crippen molar-refractivity contribution in [3.05, 3.63) is 107 Å². The maximum Gasteiger partial charge on any atom is 0.249 e. The Balaban J connectivity index is 0.618. The zero-order chi connectivity index (χ0) is 47.6. The van der Waals surface area contributed by atoms with Gasteiger partial charge in [0.2, 0.25) is 17.7 Å². The van der Waals surface area contributed by atoms with Gasteiger partial charge in [-0.3, -0.25) is 39.2 Å². The fourth-order valence-electron chi connectivity index (χ4n) is 12.6. The second kappa shape index (κ2) is 18.5. The minimum atomic E-state index is -0.789. The molecule has 2 saturated carbocycles. The van der Waals surface area contributed by atoms with Gasteiger partial charge in [-0.1, -0.05) is 24.3 Å². The third-order valence-corrected chi connectivity index (χ3v) is 16.9. The summed E-state index contributed by atoms with van der Waals surface area (Å²) in [5.41, 5.74) is 13.6. The van der Waals surface area contributed by atoms with Crippen molar-refractivity contribution in [1.82, 2.24) is 34.6 Å². The predicted molar refractivity (Wildman–Crippen MR) is 264 cm³/mol. The molecule has 0 bridgehead atoms. The number of piperazine rings is 1. The van der Waals surface area contributed by atoms with Crippen LogP contribution in [-0.4, -0.2) is 105 Å². The number of imide groups is 1. The van der Waals surface area contributed by atoms with Crippen LogP contribution >= 0.6 is 0 Å². The highest BCUT2D eigenvalue weighted by molar-refractivity contribution is 6.15. The molecule has 1 spiro atoms. The average Bonchev–Trinajstić information content (AvgIpc) is 4.06. The van der Waals surface area contributed by atoms with Crippen molar-refractivity contribution >= 4 is 46.0 Å². The van der Waals surface area contributed by atoms with E-state index in [4.69, 9.17) is 10.7 Å². The number of hydrogen-bond donors (Lipinski definition) is 2. The van der Waals surface area contributed by atoms with Crippen LogP contribution in [0.5, 0.6) is 0 Å². The van der Waals surface area contributed by atoms with Gasteiger partial charge in [-0.05, 0) is 149 Å². The van der Waals surface area contributed by atoms with E-state index in [9.17, 15) is 19.2 Å². The lowest BCUT2D eigenvalue weighted by molar-refractivity contribution is -0.135. The number of aromatic nitrogens is 3. The van der Waals surface area contributed by atoms with E-state index in [0.29, 0.717) is 60.6 Å². The van der Waals surface area contributed by atoms with E-state index in [2.05, 4.69) is 79.9 Å². The molecule has 6 aliphatic rings. The zero-order valence-corrected chi connectivity index (χ0v) is 40.0. The first kappa shape index (κ1) is 45.6. The first-order valence-corrected chi connectivity index (χ1v) is 25.4. The van der Waals surface area contributed by atoms with E-state index in [1.54, 1.807) is 0 Å². The number of anilines is 2. The number of piperidine rings is 2. The van der Waals surface area contributed by atoms with Gasteiger partial charge in [-0.25, -0.2) is 14.4 Å². The first-order valence-electron chi connectivity index (χ1n) is 25.4. The lowest BCUT2D eigenvalue weighted by Crippen LogP contribution is -2.54. The number of nitrogens with zero attached hydrogens (tertiary/aromatic N) is 7. The number of amides is 3. The standard InChI is InChI=1S/C55H64FN9O4/c1-34(47-29-43-42(15-20-58-52(43)61(47)2)40-11-13-50(57)59-31-40)64-21-16-38(17-22-64)37-7-9-39(10-8-37)49(66)27-35-3-5-36(6-4-35)32-62-23-25-63(26-24-62)33-41-28-44-48(30-45(41)56)65(54(69)55(44)18-19-55)46-12-14-51(67)60-53(46)68/h7-11,13,15,20,28-31,34-36,38,46H,3-6,12,14,16-19,21-27,32-33H2,1-2H3,(H2,57,59)(H,60,67,68). The highest BCUT2D eigenvalue weighted by Crippen LogP contribution is 2.58. The van der Waals surface area contributed by atoms with E-state index in [1.165, 1.54) is 22.2 Å². The second-order valence-electron chi connectivity index (χ2n) is 21.1. The summed E-state index contributed by atoms with van der Waals surface area (Å²) in [7, 11) is 2.11. The minimum absolute atomic E-state index is 0.141. The van der Waals surface area contributed by atoms with Crippen LogP contribution in [0.25, 0.3) is 22.2 Å². The summed E-state index contributed by atoms with van der Waals surface area (Å²) < 4.78 is 18.0. The summed E-state index contributed by atoms with van der Waals surface area (Å²) in [6.45, 7) is 9.42. The normalized spacial score (nSPS) is 24.0. The summed E-state index contributed by atoms with van der Waals surface area (Å²) in [5, 5.41) is 3.48. The van der Waals surface area contributed by atoms with Crippen LogP contribution in [0.2, 0.25) is 0 Å². The molecule has 2 atom stereocenters. The molecule has 3 N–H and O–H groups in total. The van der Waals surface area contributed by atoms with Gasteiger partial charge in [-0.15, -0.1) is 0 Å². The maximum absolute atomic E-state index is 15.8. The number of nitrogens with two attached hydrogens (primary N) is 1. The molecule has 0 radical (unpaired) electrons. The van der Waals surface area contributed by atoms with Gasteiger partial charge in [0.25, 0.3) is 0 Å². The van der Waals surface area contributed by atoms with Crippen LogP contribution in [0, 0.1) is 17.7 Å². The summed E-state index contributed by atoms with van der Waals surface area (Å²) in [5.74, 6) is 0.983. The monoisotopic (exact) mass is 934 g/mol. The van der Waals surface area contributed by atoms with Crippen LogP contribution < -0.4 is 16.0 Å². The van der Waals surface area contributed by atoms with E-state index in [-0.39, 0.29) is 42.3 Å². The third-order valence-electron chi connectivity index (χ3n) is 16.9. The van der Waals surface area contributed by atoms with Crippen molar-refractivity contribution in [3.63, 3.8) is 0 Å². The molecular formula is C55H64FN9O4. The molecule has 360 valence electrons. The number of benzene rings is 2. The number of Topliss-reactive ketones (excluding diaryl/α,β-unsaturated/α-hetero) is 1. The van der Waals surface area contributed by atoms with Crippen molar-refractivity contribution in [2.45, 2.75) is 108 Å². The molecule has 5 aromatic rings. The Hall–Kier alpha value is -5.83. The number of halogens is 1. The molecule has 2 aliphatic carbocycles. The van der Waals surface area contributed by atoms with E-state index in [0.717, 1.165) is 118 Å². The Morgan fingerprint density at radius 3 is 2.28 bits per heavy atom. The molecule has 4 aliphatic heterocycles. The predicted octanol–water partition coefficient (Wildman–Crippen LogP) is 7.68. The Morgan fingerprint density at radius 1 is 0.855 bits per heavy atom. The van der Waals surface area contributed by atoms with Crippen molar-refractivity contribution in [2.75, 3.05) is 56.4 Å². The van der Waals surface area contributed by atoms with Crippen molar-refractivity contribution in [2.24, 2.45) is 18.9 Å². The van der Waals surface area contributed by atoms with E-state index >= 15 is 4.39 Å². The topological polar surface area (TPSA) is 150 Å². The number of nitrogens with one attached hydrogen (secondary N) is 1. The SMILES string of the molecule is CC(c1cc2c(-c3ccc(N)nc3)ccnc2n1C)N1CCC(c2ccc(C(=O)CC3CCC(CN4CCN(Cc5cc6c(cc5F)N(C5CCC(=O)NC5=O)C(=O)C65CC5)CC4)CC3)cc2)CC1. The van der Waals surface area contributed by atoms with Gasteiger partial charge >= 0.3 is 0 Å². The van der Waals surface area contributed by atoms with Gasteiger partial charge < -0.3 is 15.2 Å². The highest BCUT2D eigenvalue weighted by Gasteiger charge is 2.61. The van der Waals surface area contributed by atoms with Gasteiger partial charge in [-0.2, -0.15) is 0 Å².